The van der Waals surface area contributed by atoms with Crippen LogP contribution in [0.15, 0.2) is 34.4 Å². The van der Waals surface area contributed by atoms with Gasteiger partial charge in [-0.15, -0.1) is 24.0 Å². The first kappa shape index (κ1) is 23.1. The maximum Gasteiger partial charge on any atom is 0.242 e. The number of nitrogens with one attached hydrogen (secondary N) is 3. The third-order valence-electron chi connectivity index (χ3n) is 4.29. The molecule has 1 aliphatic heterocycles. The van der Waals surface area contributed by atoms with Gasteiger partial charge in [0.2, 0.25) is 10.0 Å². The Morgan fingerprint density at radius 3 is 2.85 bits per heavy atom. The van der Waals surface area contributed by atoms with E-state index in [1.807, 2.05) is 0 Å². The highest BCUT2D eigenvalue weighted by Crippen LogP contribution is 2.15. The van der Waals surface area contributed by atoms with Gasteiger partial charge in [-0.1, -0.05) is 6.92 Å². The average Bonchev–Trinajstić information content (AvgIpc) is 3.09. The molecule has 1 fully saturated rings. The summed E-state index contributed by atoms with van der Waals surface area (Å²) in [5, 5.41) is 6.44. The van der Waals surface area contributed by atoms with Crippen LogP contribution in [0.5, 0.6) is 0 Å². The van der Waals surface area contributed by atoms with E-state index in [1.54, 1.807) is 19.3 Å². The molecule has 3 N–H and O–H groups in total. The quantitative estimate of drug-likeness (QED) is 0.211. The van der Waals surface area contributed by atoms with Gasteiger partial charge in [0.25, 0.3) is 0 Å². The summed E-state index contributed by atoms with van der Waals surface area (Å²) in [6.07, 6.45) is 5.31. The minimum Gasteiger partial charge on any atom is -0.355 e. The van der Waals surface area contributed by atoms with E-state index in [1.165, 1.54) is 25.1 Å². The number of rotatable bonds is 8. The van der Waals surface area contributed by atoms with Crippen molar-refractivity contribution in [2.75, 3.05) is 39.8 Å². The second-order valence-electron chi connectivity index (χ2n) is 5.89. The van der Waals surface area contributed by atoms with Crippen molar-refractivity contribution < 1.29 is 8.42 Å². The second-order valence-corrected chi connectivity index (χ2v) is 7.66. The van der Waals surface area contributed by atoms with E-state index >= 15 is 0 Å². The summed E-state index contributed by atoms with van der Waals surface area (Å²) in [6.45, 7) is 5.96. The zero-order valence-corrected chi connectivity index (χ0v) is 18.5. The monoisotopic (exact) mass is 496 g/mol. The number of hydrogen-bond donors (Lipinski definition) is 3. The Morgan fingerprint density at radius 2 is 2.19 bits per heavy atom. The van der Waals surface area contributed by atoms with Gasteiger partial charge in [0.05, 0.1) is 0 Å². The van der Waals surface area contributed by atoms with Crippen molar-refractivity contribution >= 4 is 40.0 Å². The Hall–Kier alpha value is -0.980. The molecule has 148 valence electrons. The van der Waals surface area contributed by atoms with Gasteiger partial charge >= 0.3 is 0 Å². The molecule has 1 saturated heterocycles. The van der Waals surface area contributed by atoms with E-state index in [0.717, 1.165) is 19.6 Å². The first-order valence-electron chi connectivity index (χ1n) is 8.65. The number of pyridine rings is 1. The van der Waals surface area contributed by atoms with Crippen LogP contribution in [0.4, 0.5) is 0 Å². The fourth-order valence-electron chi connectivity index (χ4n) is 2.93. The van der Waals surface area contributed by atoms with Crippen LogP contribution in [-0.2, 0) is 10.0 Å². The first-order valence-corrected chi connectivity index (χ1v) is 10.1. The topological polar surface area (TPSA) is 98.7 Å². The summed E-state index contributed by atoms with van der Waals surface area (Å²) in [4.78, 5) is 10.6. The Kier molecular flexibility index (Phi) is 10.4. The smallest absolute Gasteiger partial charge is 0.242 e. The van der Waals surface area contributed by atoms with Crippen LogP contribution in [0, 0.1) is 0 Å². The molecule has 0 aromatic carbocycles. The molecule has 1 aliphatic rings. The normalized spacial score (nSPS) is 18.4. The molecule has 0 radical (unpaired) electrons. The number of sulfonamides is 1. The van der Waals surface area contributed by atoms with Crippen LogP contribution >= 0.6 is 24.0 Å². The molecule has 10 heteroatoms. The number of likely N-dealkylation sites (tertiary alicyclic amines) is 1. The summed E-state index contributed by atoms with van der Waals surface area (Å²) in [5.74, 6) is 0.684. The number of likely N-dealkylation sites (N-methyl/N-ethyl adjacent to an activating group) is 1. The van der Waals surface area contributed by atoms with Crippen molar-refractivity contribution in [1.82, 2.24) is 25.2 Å². The fourth-order valence-corrected chi connectivity index (χ4v) is 3.93. The molecule has 2 rings (SSSR count). The van der Waals surface area contributed by atoms with E-state index in [2.05, 4.69) is 37.2 Å². The summed E-state index contributed by atoms with van der Waals surface area (Å²) in [7, 11) is -1.81. The lowest BCUT2D eigenvalue weighted by molar-refractivity contribution is 0.267. The molecule has 1 unspecified atom stereocenters. The highest BCUT2D eigenvalue weighted by Gasteiger charge is 2.22. The van der Waals surface area contributed by atoms with E-state index in [4.69, 9.17) is 0 Å². The lowest BCUT2D eigenvalue weighted by atomic mass is 10.2. The van der Waals surface area contributed by atoms with Crippen molar-refractivity contribution in [1.29, 1.82) is 0 Å². The van der Waals surface area contributed by atoms with Gasteiger partial charge in [-0.05, 0) is 38.1 Å². The standard InChI is InChI=1S/C16H28N6O2S.HI/c1-3-22-11-5-6-14(22)12-20-16(17-2)19-9-10-21-25(23,24)15-7-4-8-18-13-15;/h4,7-8,13-14,21H,3,5-6,9-12H2,1-2H3,(H2,17,19,20);1H. The van der Waals surface area contributed by atoms with E-state index in [0.29, 0.717) is 18.5 Å². The maximum absolute atomic E-state index is 12.1. The minimum absolute atomic E-state index is 0. The van der Waals surface area contributed by atoms with Crippen molar-refractivity contribution in [3.63, 3.8) is 0 Å². The van der Waals surface area contributed by atoms with Gasteiger partial charge in [0, 0.05) is 45.1 Å². The summed E-state index contributed by atoms with van der Waals surface area (Å²) in [5.41, 5.74) is 0. The largest absolute Gasteiger partial charge is 0.355 e. The number of halogens is 1. The number of hydrogen-bond acceptors (Lipinski definition) is 5. The van der Waals surface area contributed by atoms with E-state index in [9.17, 15) is 8.42 Å². The van der Waals surface area contributed by atoms with Gasteiger partial charge in [-0.3, -0.25) is 14.9 Å². The van der Waals surface area contributed by atoms with Gasteiger partial charge in [0.15, 0.2) is 5.96 Å². The Balaban J connectivity index is 0.00000338. The molecule has 26 heavy (non-hydrogen) atoms. The Bertz CT molecular complexity index is 656. The number of aliphatic imine (C=N–C) groups is 1. The minimum atomic E-state index is -3.52. The van der Waals surface area contributed by atoms with Gasteiger partial charge in [-0.25, -0.2) is 13.1 Å². The third kappa shape index (κ3) is 6.97. The van der Waals surface area contributed by atoms with Crippen molar-refractivity contribution in [2.24, 2.45) is 4.99 Å². The number of guanidine groups is 1. The molecule has 1 aromatic heterocycles. The van der Waals surface area contributed by atoms with Crippen LogP contribution in [0.2, 0.25) is 0 Å². The van der Waals surface area contributed by atoms with Crippen LogP contribution in [0.25, 0.3) is 0 Å². The molecular weight excluding hydrogens is 467 g/mol. The zero-order valence-electron chi connectivity index (χ0n) is 15.3. The molecule has 0 bridgehead atoms. The Morgan fingerprint density at radius 1 is 1.38 bits per heavy atom. The van der Waals surface area contributed by atoms with E-state index in [-0.39, 0.29) is 35.4 Å². The lowest BCUT2D eigenvalue weighted by Gasteiger charge is -2.24. The second kappa shape index (κ2) is 11.7. The highest BCUT2D eigenvalue weighted by atomic mass is 127. The van der Waals surface area contributed by atoms with Crippen LogP contribution in [0.1, 0.15) is 19.8 Å². The molecule has 8 nitrogen and oxygen atoms in total. The van der Waals surface area contributed by atoms with Gasteiger partial charge in [0.1, 0.15) is 4.90 Å². The molecular formula is C16H29IN6O2S. The van der Waals surface area contributed by atoms with Crippen molar-refractivity contribution in [2.45, 2.75) is 30.7 Å². The molecule has 0 amide bonds. The summed E-state index contributed by atoms with van der Waals surface area (Å²) >= 11 is 0. The fraction of sp³-hybridized carbons (Fsp3) is 0.625. The highest BCUT2D eigenvalue weighted by molar-refractivity contribution is 14.0. The zero-order chi connectivity index (χ0) is 18.1. The molecule has 1 aromatic rings. The first-order chi connectivity index (χ1) is 12.1. The lowest BCUT2D eigenvalue weighted by Crippen LogP contribution is -2.46. The SMILES string of the molecule is CCN1CCCC1CNC(=NC)NCCNS(=O)(=O)c1cccnc1.I. The maximum atomic E-state index is 12.1. The molecule has 0 spiro atoms. The van der Waals surface area contributed by atoms with Gasteiger partial charge < -0.3 is 10.6 Å². The number of aromatic nitrogens is 1. The van der Waals surface area contributed by atoms with E-state index < -0.39 is 10.0 Å². The van der Waals surface area contributed by atoms with Crippen LogP contribution in [-0.4, -0.2) is 70.1 Å². The molecule has 2 heterocycles. The average molecular weight is 496 g/mol. The van der Waals surface area contributed by atoms with Gasteiger partial charge in [-0.2, -0.15) is 0 Å². The third-order valence-corrected chi connectivity index (χ3v) is 5.73. The molecule has 0 aliphatic carbocycles. The Labute approximate surface area is 173 Å². The number of nitrogens with zero attached hydrogens (tertiary/aromatic N) is 3. The summed E-state index contributed by atoms with van der Waals surface area (Å²) in [6, 6.07) is 3.65. The summed E-state index contributed by atoms with van der Waals surface area (Å²) < 4.78 is 26.7. The predicted molar refractivity (Wildman–Crippen MR) is 114 cm³/mol. The van der Waals surface area contributed by atoms with Crippen LogP contribution < -0.4 is 15.4 Å². The van der Waals surface area contributed by atoms with Crippen molar-refractivity contribution in [3.05, 3.63) is 24.5 Å². The molecule has 0 saturated carbocycles. The van der Waals surface area contributed by atoms with Crippen molar-refractivity contribution in [3.8, 4) is 0 Å². The molecule has 1 atom stereocenters. The van der Waals surface area contributed by atoms with Crippen LogP contribution in [0.3, 0.4) is 0 Å². The predicted octanol–water partition coefficient (Wildman–Crippen LogP) is 0.627.